The van der Waals surface area contributed by atoms with Crippen molar-refractivity contribution in [2.24, 2.45) is 0 Å². The lowest BCUT2D eigenvalue weighted by atomic mass is 10.0. The third-order valence-corrected chi connectivity index (χ3v) is 7.38. The fourth-order valence-electron chi connectivity index (χ4n) is 5.03. The molecule has 0 aliphatic carbocycles. The molecule has 2 aromatic heterocycles. The Balaban J connectivity index is 1.22. The van der Waals surface area contributed by atoms with Crippen LogP contribution in [0.4, 0.5) is 17.5 Å². The van der Waals surface area contributed by atoms with Gasteiger partial charge in [0.1, 0.15) is 12.1 Å². The Kier molecular flexibility index (Phi) is 7.91. The third kappa shape index (κ3) is 5.92. The molecule has 5 rings (SSSR count). The number of aromatic nitrogens is 4. The van der Waals surface area contributed by atoms with Gasteiger partial charge in [-0.25, -0.2) is 15.0 Å². The number of aryl methyl sites for hydroxylation is 1. The van der Waals surface area contributed by atoms with Gasteiger partial charge in [0, 0.05) is 74.3 Å². The van der Waals surface area contributed by atoms with Gasteiger partial charge in [0.25, 0.3) is 0 Å². The maximum Gasteiger partial charge on any atom is 0.230 e. The first-order chi connectivity index (χ1) is 17.6. The minimum absolute atomic E-state index is 0.244. The van der Waals surface area contributed by atoms with Gasteiger partial charge in [0.15, 0.2) is 5.82 Å². The summed E-state index contributed by atoms with van der Waals surface area (Å²) in [4.78, 5) is 25.3. The number of aliphatic hydroxyl groups excluding tert-OH is 1. The molecule has 0 atom stereocenters. The average molecular weight is 509 g/mol. The van der Waals surface area contributed by atoms with Crippen molar-refractivity contribution >= 4 is 29.1 Å². The number of rotatable bonds is 7. The van der Waals surface area contributed by atoms with Crippen molar-refractivity contribution in [1.82, 2.24) is 29.7 Å². The fraction of sp³-hybridized carbons (Fsp3) is 0.462. The number of halogens is 1. The number of piperazine rings is 1. The van der Waals surface area contributed by atoms with Gasteiger partial charge >= 0.3 is 0 Å². The van der Waals surface area contributed by atoms with Gasteiger partial charge in [0.05, 0.1) is 6.61 Å². The summed E-state index contributed by atoms with van der Waals surface area (Å²) in [6.45, 7) is 9.27. The highest BCUT2D eigenvalue weighted by molar-refractivity contribution is 6.30. The number of piperidine rings is 1. The van der Waals surface area contributed by atoms with Crippen molar-refractivity contribution in [3.63, 3.8) is 0 Å². The lowest BCUT2D eigenvalue weighted by Gasteiger charge is -2.43. The molecule has 0 bridgehead atoms. The second kappa shape index (κ2) is 11.5. The minimum atomic E-state index is 0.244. The molecule has 190 valence electrons. The summed E-state index contributed by atoms with van der Waals surface area (Å²) >= 11 is 6.15. The Hall–Kier alpha value is -2.85. The Morgan fingerprint density at radius 1 is 1.00 bits per heavy atom. The molecule has 2 N–H and O–H groups in total. The van der Waals surface area contributed by atoms with Crippen LogP contribution in [0.3, 0.4) is 0 Å². The monoisotopic (exact) mass is 508 g/mol. The van der Waals surface area contributed by atoms with E-state index >= 15 is 0 Å². The summed E-state index contributed by atoms with van der Waals surface area (Å²) in [5.74, 6) is 2.04. The zero-order chi connectivity index (χ0) is 24.9. The van der Waals surface area contributed by atoms with E-state index in [0.29, 0.717) is 22.8 Å². The average Bonchev–Trinajstić information content (AvgIpc) is 2.92. The topological polar surface area (TPSA) is 93.5 Å². The van der Waals surface area contributed by atoms with Crippen molar-refractivity contribution in [2.45, 2.75) is 25.8 Å². The smallest absolute Gasteiger partial charge is 0.230 e. The SMILES string of the molecule is Cc1ccc(Cl)cc1Nc1ncnc(-c2ccnc(N3CCC(N4CCN(CCO)CC4)CC3)c2)n1. The first kappa shape index (κ1) is 24.8. The molecule has 3 aromatic rings. The molecule has 9 nitrogen and oxygen atoms in total. The van der Waals surface area contributed by atoms with Gasteiger partial charge in [0.2, 0.25) is 5.95 Å². The van der Waals surface area contributed by atoms with Gasteiger partial charge in [-0.3, -0.25) is 9.80 Å². The molecule has 0 saturated carbocycles. The summed E-state index contributed by atoms with van der Waals surface area (Å²) in [6, 6.07) is 10.3. The van der Waals surface area contributed by atoms with Crippen LogP contribution in [0.5, 0.6) is 0 Å². The van der Waals surface area contributed by atoms with Crippen LogP contribution in [-0.2, 0) is 0 Å². The molecule has 2 saturated heterocycles. The molecule has 0 spiro atoms. The number of nitrogens with one attached hydrogen (secondary N) is 1. The minimum Gasteiger partial charge on any atom is -0.395 e. The Labute approximate surface area is 217 Å². The second-order valence-corrected chi connectivity index (χ2v) is 9.88. The van der Waals surface area contributed by atoms with Crippen molar-refractivity contribution in [1.29, 1.82) is 0 Å². The lowest BCUT2D eigenvalue weighted by molar-refractivity contribution is 0.0746. The summed E-state index contributed by atoms with van der Waals surface area (Å²) in [5.41, 5.74) is 2.84. The van der Waals surface area contributed by atoms with Gasteiger partial charge < -0.3 is 15.3 Å². The van der Waals surface area contributed by atoms with E-state index < -0.39 is 0 Å². The number of anilines is 3. The van der Waals surface area contributed by atoms with Crippen molar-refractivity contribution < 1.29 is 5.11 Å². The zero-order valence-corrected chi connectivity index (χ0v) is 21.4. The number of nitrogens with zero attached hydrogens (tertiary/aromatic N) is 7. The molecular formula is C26H33ClN8O. The van der Waals surface area contributed by atoms with E-state index in [0.717, 1.165) is 81.3 Å². The predicted octanol–water partition coefficient (Wildman–Crippen LogP) is 3.22. The normalized spacial score (nSPS) is 17.9. The molecule has 10 heteroatoms. The maximum absolute atomic E-state index is 9.17. The molecule has 0 radical (unpaired) electrons. The number of benzene rings is 1. The highest BCUT2D eigenvalue weighted by atomic mass is 35.5. The summed E-state index contributed by atoms with van der Waals surface area (Å²) in [5, 5.41) is 13.1. The van der Waals surface area contributed by atoms with Crippen LogP contribution in [0.25, 0.3) is 11.4 Å². The fourth-order valence-corrected chi connectivity index (χ4v) is 5.20. The van der Waals surface area contributed by atoms with Crippen LogP contribution in [0.2, 0.25) is 5.02 Å². The Bertz CT molecular complexity index is 1160. The Morgan fingerprint density at radius 2 is 1.81 bits per heavy atom. The summed E-state index contributed by atoms with van der Waals surface area (Å²) in [7, 11) is 0. The summed E-state index contributed by atoms with van der Waals surface area (Å²) < 4.78 is 0. The van der Waals surface area contributed by atoms with Gasteiger partial charge in [-0.15, -0.1) is 0 Å². The second-order valence-electron chi connectivity index (χ2n) is 9.44. The van der Waals surface area contributed by atoms with E-state index in [1.165, 1.54) is 6.33 Å². The highest BCUT2D eigenvalue weighted by Gasteiger charge is 2.28. The van der Waals surface area contributed by atoms with Crippen molar-refractivity contribution in [2.75, 3.05) is 62.6 Å². The number of β-amino-alcohol motifs (C(OH)–C–C–N with tert-alkyl or cyclic N) is 1. The maximum atomic E-state index is 9.17. The molecule has 1 aromatic carbocycles. The first-order valence-electron chi connectivity index (χ1n) is 12.6. The molecule has 0 unspecified atom stereocenters. The quantitative estimate of drug-likeness (QED) is 0.499. The van der Waals surface area contributed by atoms with E-state index in [1.54, 1.807) is 0 Å². The predicted molar refractivity (Wildman–Crippen MR) is 143 cm³/mol. The first-order valence-corrected chi connectivity index (χ1v) is 13.0. The van der Waals surface area contributed by atoms with Crippen LogP contribution in [-0.4, -0.2) is 93.3 Å². The molecule has 0 amide bonds. The number of hydrogen-bond acceptors (Lipinski definition) is 9. The van der Waals surface area contributed by atoms with Crippen LogP contribution in [0, 0.1) is 6.92 Å². The molecule has 2 aliphatic heterocycles. The molecule has 2 aliphatic rings. The molecule has 36 heavy (non-hydrogen) atoms. The number of aliphatic hydroxyl groups is 1. The van der Waals surface area contributed by atoms with E-state index in [4.69, 9.17) is 11.6 Å². The highest BCUT2D eigenvalue weighted by Crippen LogP contribution is 2.26. The molecular weight excluding hydrogens is 476 g/mol. The Morgan fingerprint density at radius 3 is 2.58 bits per heavy atom. The lowest BCUT2D eigenvalue weighted by Crippen LogP contribution is -2.53. The van der Waals surface area contributed by atoms with Crippen LogP contribution in [0.1, 0.15) is 18.4 Å². The van der Waals surface area contributed by atoms with Gasteiger partial charge in [-0.05, 0) is 49.6 Å². The van der Waals surface area contributed by atoms with Crippen LogP contribution >= 0.6 is 11.6 Å². The number of pyridine rings is 1. The van der Waals surface area contributed by atoms with E-state index in [-0.39, 0.29) is 6.61 Å². The van der Waals surface area contributed by atoms with Crippen LogP contribution < -0.4 is 10.2 Å². The van der Waals surface area contributed by atoms with Crippen molar-refractivity contribution in [3.05, 3.63) is 53.4 Å². The van der Waals surface area contributed by atoms with Crippen molar-refractivity contribution in [3.8, 4) is 11.4 Å². The van der Waals surface area contributed by atoms with Gasteiger partial charge in [-0.2, -0.15) is 4.98 Å². The van der Waals surface area contributed by atoms with E-state index in [9.17, 15) is 5.11 Å². The largest absolute Gasteiger partial charge is 0.395 e. The third-order valence-electron chi connectivity index (χ3n) is 7.15. The number of hydrogen-bond donors (Lipinski definition) is 2. The van der Waals surface area contributed by atoms with Gasteiger partial charge in [-0.1, -0.05) is 17.7 Å². The van der Waals surface area contributed by atoms with E-state index in [1.807, 2.05) is 37.4 Å². The summed E-state index contributed by atoms with van der Waals surface area (Å²) in [6.07, 6.45) is 5.61. The molecule has 2 fully saturated rings. The molecule has 4 heterocycles. The standard InChI is InChI=1S/C26H33ClN8O/c1-19-2-3-21(27)17-23(19)31-26-30-18-29-25(32-26)20-4-7-28-24(16-20)35-8-5-22(6-9-35)34-12-10-33(11-13-34)14-15-36/h2-4,7,16-18,22,36H,5-6,8-15H2,1H3,(H,29,30,31,32). The van der Waals surface area contributed by atoms with Crippen LogP contribution in [0.15, 0.2) is 42.9 Å². The zero-order valence-electron chi connectivity index (χ0n) is 20.6. The van der Waals surface area contributed by atoms with E-state index in [2.05, 4.69) is 46.0 Å².